The first kappa shape index (κ1) is 13.9. The van der Waals surface area contributed by atoms with Gasteiger partial charge < -0.3 is 15.5 Å². The minimum absolute atomic E-state index is 0.0833. The Morgan fingerprint density at radius 2 is 2.00 bits per heavy atom. The molecule has 4 heteroatoms. The van der Waals surface area contributed by atoms with Crippen molar-refractivity contribution < 1.29 is 10.2 Å². The average Bonchev–Trinajstić information content (AvgIpc) is 2.85. The van der Waals surface area contributed by atoms with Crippen molar-refractivity contribution >= 4 is 11.3 Å². The molecule has 1 aromatic heterocycles. The highest BCUT2D eigenvalue weighted by molar-refractivity contribution is 7.10. The summed E-state index contributed by atoms with van der Waals surface area (Å²) in [6.45, 7) is 4.93. The molecule has 0 aliphatic carbocycles. The smallest absolute Gasteiger partial charge is 0.123 e. The van der Waals surface area contributed by atoms with Crippen LogP contribution in [0.1, 0.15) is 30.3 Å². The van der Waals surface area contributed by atoms with Gasteiger partial charge in [0.1, 0.15) is 11.5 Å². The predicted octanol–water partition coefficient (Wildman–Crippen LogP) is 3.65. The summed E-state index contributed by atoms with van der Waals surface area (Å²) in [6, 6.07) is 9.14. The fraction of sp³-hybridized carbons (Fsp3) is 0.333. The fourth-order valence-corrected chi connectivity index (χ4v) is 3.03. The van der Waals surface area contributed by atoms with Crippen LogP contribution < -0.4 is 5.32 Å². The summed E-state index contributed by atoms with van der Waals surface area (Å²) in [5.41, 5.74) is 0.792. The molecule has 0 aliphatic heterocycles. The molecule has 102 valence electrons. The van der Waals surface area contributed by atoms with E-state index in [-0.39, 0.29) is 17.5 Å². The van der Waals surface area contributed by atoms with E-state index in [0.717, 1.165) is 5.56 Å². The minimum atomic E-state index is 0.0833. The molecule has 1 unspecified atom stereocenters. The van der Waals surface area contributed by atoms with E-state index in [4.69, 9.17) is 0 Å². The van der Waals surface area contributed by atoms with Gasteiger partial charge in [0.25, 0.3) is 0 Å². The Balaban J connectivity index is 2.07. The largest absolute Gasteiger partial charge is 0.508 e. The van der Waals surface area contributed by atoms with Crippen LogP contribution in [0.2, 0.25) is 0 Å². The zero-order chi connectivity index (χ0) is 13.8. The Labute approximate surface area is 117 Å². The molecule has 3 N–H and O–H groups in total. The van der Waals surface area contributed by atoms with Gasteiger partial charge in [-0.2, -0.15) is 0 Å². The van der Waals surface area contributed by atoms with E-state index < -0.39 is 0 Å². The zero-order valence-corrected chi connectivity index (χ0v) is 11.9. The van der Waals surface area contributed by atoms with E-state index in [1.165, 1.54) is 10.9 Å². The van der Waals surface area contributed by atoms with E-state index >= 15 is 0 Å². The number of benzene rings is 1. The Morgan fingerprint density at radius 3 is 2.58 bits per heavy atom. The second kappa shape index (κ2) is 6.08. The van der Waals surface area contributed by atoms with Crippen molar-refractivity contribution in [3.05, 3.63) is 46.2 Å². The van der Waals surface area contributed by atoms with Crippen molar-refractivity contribution in [2.75, 3.05) is 0 Å². The molecule has 0 spiro atoms. The third-order valence-corrected chi connectivity index (χ3v) is 4.05. The van der Waals surface area contributed by atoms with Crippen LogP contribution in [-0.4, -0.2) is 10.2 Å². The van der Waals surface area contributed by atoms with Crippen LogP contribution >= 0.6 is 11.3 Å². The van der Waals surface area contributed by atoms with Crippen molar-refractivity contribution in [2.24, 2.45) is 5.92 Å². The van der Waals surface area contributed by atoms with Crippen molar-refractivity contribution in [1.82, 2.24) is 5.32 Å². The molecule has 0 bridgehead atoms. The summed E-state index contributed by atoms with van der Waals surface area (Å²) in [5.74, 6) is 0.680. The van der Waals surface area contributed by atoms with Gasteiger partial charge in [-0.05, 0) is 23.4 Å². The van der Waals surface area contributed by atoms with Gasteiger partial charge in [-0.25, -0.2) is 0 Å². The third kappa shape index (κ3) is 3.49. The summed E-state index contributed by atoms with van der Waals surface area (Å²) in [6.07, 6.45) is 0. The number of aromatic hydroxyl groups is 2. The van der Waals surface area contributed by atoms with Crippen LogP contribution in [0, 0.1) is 5.92 Å². The second-order valence-corrected chi connectivity index (χ2v) is 5.91. The van der Waals surface area contributed by atoms with E-state index in [2.05, 4.69) is 36.7 Å². The molecule has 0 aliphatic rings. The monoisotopic (exact) mass is 277 g/mol. The first-order valence-electron chi connectivity index (χ1n) is 6.35. The molecule has 1 aromatic carbocycles. The standard InChI is InChI=1S/C15H19NO2S/c1-10(2)15(14-4-3-7-19-14)16-9-11-5-6-12(17)8-13(11)18/h3-8,10,15-18H,9H2,1-2H3. The lowest BCUT2D eigenvalue weighted by Crippen LogP contribution is -2.24. The van der Waals surface area contributed by atoms with Crippen molar-refractivity contribution in [2.45, 2.75) is 26.4 Å². The molecular weight excluding hydrogens is 258 g/mol. The van der Waals surface area contributed by atoms with Gasteiger partial charge in [0, 0.05) is 29.1 Å². The van der Waals surface area contributed by atoms with Crippen LogP contribution in [0.4, 0.5) is 0 Å². The van der Waals surface area contributed by atoms with Crippen molar-refractivity contribution in [3.8, 4) is 11.5 Å². The highest BCUT2D eigenvalue weighted by Crippen LogP contribution is 2.28. The maximum atomic E-state index is 9.78. The van der Waals surface area contributed by atoms with Crippen LogP contribution in [0.3, 0.4) is 0 Å². The first-order valence-corrected chi connectivity index (χ1v) is 7.23. The molecule has 0 saturated heterocycles. The third-order valence-electron chi connectivity index (χ3n) is 3.10. The van der Waals surface area contributed by atoms with Crippen LogP contribution in [0.15, 0.2) is 35.7 Å². The average molecular weight is 277 g/mol. The normalized spacial score (nSPS) is 12.8. The molecule has 0 radical (unpaired) electrons. The van der Waals surface area contributed by atoms with Gasteiger partial charge in [0.05, 0.1) is 0 Å². The van der Waals surface area contributed by atoms with E-state index in [1.807, 2.05) is 0 Å². The number of nitrogens with one attached hydrogen (secondary N) is 1. The summed E-state index contributed by atoms with van der Waals surface area (Å²) >= 11 is 1.74. The number of phenols is 2. The van der Waals surface area contributed by atoms with Crippen LogP contribution in [-0.2, 0) is 6.54 Å². The molecule has 0 amide bonds. The van der Waals surface area contributed by atoms with Gasteiger partial charge in [0.15, 0.2) is 0 Å². The van der Waals surface area contributed by atoms with Gasteiger partial charge >= 0.3 is 0 Å². The number of thiophene rings is 1. The summed E-state index contributed by atoms with van der Waals surface area (Å²) in [5, 5.41) is 24.6. The number of hydrogen-bond acceptors (Lipinski definition) is 4. The molecule has 0 fully saturated rings. The van der Waals surface area contributed by atoms with Crippen molar-refractivity contribution in [3.63, 3.8) is 0 Å². The molecule has 1 atom stereocenters. The Kier molecular flexibility index (Phi) is 4.45. The van der Waals surface area contributed by atoms with Gasteiger partial charge in [-0.1, -0.05) is 26.0 Å². The highest BCUT2D eigenvalue weighted by atomic mass is 32.1. The molecule has 3 nitrogen and oxygen atoms in total. The second-order valence-electron chi connectivity index (χ2n) is 4.93. The summed E-state index contributed by atoms with van der Waals surface area (Å²) < 4.78 is 0. The van der Waals surface area contributed by atoms with Crippen LogP contribution in [0.5, 0.6) is 11.5 Å². The topological polar surface area (TPSA) is 52.5 Å². The number of rotatable bonds is 5. The molecule has 2 aromatic rings. The molecular formula is C15H19NO2S. The quantitative estimate of drug-likeness (QED) is 0.782. The summed E-state index contributed by atoms with van der Waals surface area (Å²) in [7, 11) is 0. The minimum Gasteiger partial charge on any atom is -0.508 e. The first-order chi connectivity index (χ1) is 9.08. The lowest BCUT2D eigenvalue weighted by molar-refractivity contribution is 0.405. The Bertz CT molecular complexity index is 523. The SMILES string of the molecule is CC(C)C(NCc1ccc(O)cc1O)c1cccs1. The van der Waals surface area contributed by atoms with Crippen LogP contribution in [0.25, 0.3) is 0 Å². The molecule has 0 saturated carbocycles. The molecule has 19 heavy (non-hydrogen) atoms. The van der Waals surface area contributed by atoms with E-state index in [9.17, 15) is 10.2 Å². The lowest BCUT2D eigenvalue weighted by Gasteiger charge is -2.21. The van der Waals surface area contributed by atoms with Gasteiger partial charge in [-0.15, -0.1) is 11.3 Å². The Morgan fingerprint density at radius 1 is 1.21 bits per heavy atom. The van der Waals surface area contributed by atoms with E-state index in [1.54, 1.807) is 23.5 Å². The number of hydrogen-bond donors (Lipinski definition) is 3. The molecule has 1 heterocycles. The van der Waals surface area contributed by atoms with E-state index in [0.29, 0.717) is 12.5 Å². The lowest BCUT2D eigenvalue weighted by atomic mass is 10.0. The summed E-state index contributed by atoms with van der Waals surface area (Å²) in [4.78, 5) is 1.30. The fourth-order valence-electron chi connectivity index (χ4n) is 2.05. The Hall–Kier alpha value is -1.52. The maximum absolute atomic E-state index is 9.78. The maximum Gasteiger partial charge on any atom is 0.123 e. The zero-order valence-electron chi connectivity index (χ0n) is 11.1. The highest BCUT2D eigenvalue weighted by Gasteiger charge is 2.16. The van der Waals surface area contributed by atoms with Gasteiger partial charge in [-0.3, -0.25) is 0 Å². The van der Waals surface area contributed by atoms with Gasteiger partial charge in [0.2, 0.25) is 0 Å². The van der Waals surface area contributed by atoms with Crippen molar-refractivity contribution in [1.29, 1.82) is 0 Å². The number of phenolic OH excluding ortho intramolecular Hbond substituents is 2. The predicted molar refractivity (Wildman–Crippen MR) is 78.5 cm³/mol. The molecule has 2 rings (SSSR count).